The van der Waals surface area contributed by atoms with Crippen molar-refractivity contribution >= 4 is 17.7 Å². The predicted octanol–water partition coefficient (Wildman–Crippen LogP) is 1.32. The van der Waals surface area contributed by atoms with Crippen LogP contribution in [0.3, 0.4) is 0 Å². The summed E-state index contributed by atoms with van der Waals surface area (Å²) in [5, 5.41) is 2.33. The van der Waals surface area contributed by atoms with Gasteiger partial charge in [-0.2, -0.15) is 0 Å². The van der Waals surface area contributed by atoms with Crippen molar-refractivity contribution < 1.29 is 14.4 Å². The zero-order valence-corrected chi connectivity index (χ0v) is 13.1. The fourth-order valence-electron chi connectivity index (χ4n) is 5.84. The van der Waals surface area contributed by atoms with E-state index in [1.807, 2.05) is 6.92 Å². The Bertz CT molecular complexity index is 502. The molecule has 1 atom stereocenters. The number of hydrogen-bond donors (Lipinski definition) is 1. The molecule has 1 N–H and O–H groups in total. The van der Waals surface area contributed by atoms with E-state index in [0.29, 0.717) is 18.4 Å². The smallest absolute Gasteiger partial charge is 0.249 e. The molecule has 120 valence electrons. The molecule has 3 amide bonds. The van der Waals surface area contributed by atoms with Gasteiger partial charge in [-0.3, -0.25) is 19.7 Å². The van der Waals surface area contributed by atoms with E-state index < -0.39 is 6.04 Å². The van der Waals surface area contributed by atoms with E-state index in [1.165, 1.54) is 32.1 Å². The Balaban J connectivity index is 1.55. The fraction of sp³-hybridized carbons (Fsp3) is 0.824. The lowest BCUT2D eigenvalue weighted by Crippen LogP contribution is -2.54. The normalized spacial score (nSPS) is 42.6. The molecule has 0 unspecified atom stereocenters. The molecule has 22 heavy (non-hydrogen) atoms. The molecule has 0 spiro atoms. The molecular formula is C17H24N2O3. The van der Waals surface area contributed by atoms with Crippen LogP contribution in [0.2, 0.25) is 0 Å². The summed E-state index contributed by atoms with van der Waals surface area (Å²) >= 11 is 0. The van der Waals surface area contributed by atoms with Crippen LogP contribution in [0.5, 0.6) is 0 Å². The number of nitrogens with one attached hydrogen (secondary N) is 1. The van der Waals surface area contributed by atoms with Gasteiger partial charge in [-0.15, -0.1) is 0 Å². The van der Waals surface area contributed by atoms with Crippen molar-refractivity contribution in [1.29, 1.82) is 0 Å². The highest BCUT2D eigenvalue weighted by Gasteiger charge is 2.52. The summed E-state index contributed by atoms with van der Waals surface area (Å²) in [4.78, 5) is 38.2. The number of amides is 3. The number of hydrogen-bond acceptors (Lipinski definition) is 3. The molecule has 0 aromatic carbocycles. The minimum absolute atomic E-state index is 0.0938. The molecule has 0 radical (unpaired) electrons. The Morgan fingerprint density at radius 3 is 2.14 bits per heavy atom. The highest BCUT2D eigenvalue weighted by Crippen LogP contribution is 2.57. The summed E-state index contributed by atoms with van der Waals surface area (Å²) in [5.41, 5.74) is 0. The minimum atomic E-state index is -0.581. The van der Waals surface area contributed by atoms with Gasteiger partial charge in [0.15, 0.2) is 0 Å². The first kappa shape index (κ1) is 14.2. The SMILES string of the molecule is CCN(C(=O)C1C2CC3CC(C2)CC1C3)[C@@H]1CC(=O)NC1=O. The molecule has 1 saturated heterocycles. The highest BCUT2D eigenvalue weighted by molar-refractivity contribution is 6.06. The van der Waals surface area contributed by atoms with Crippen molar-refractivity contribution in [3.05, 3.63) is 0 Å². The summed E-state index contributed by atoms with van der Waals surface area (Å²) in [5.74, 6) is 2.35. The number of nitrogens with zero attached hydrogens (tertiary/aromatic N) is 1. The fourth-order valence-corrected chi connectivity index (χ4v) is 5.84. The largest absolute Gasteiger partial charge is 0.330 e. The van der Waals surface area contributed by atoms with Crippen LogP contribution in [-0.4, -0.2) is 35.2 Å². The van der Waals surface area contributed by atoms with E-state index in [9.17, 15) is 14.4 Å². The molecule has 0 aromatic rings. The van der Waals surface area contributed by atoms with E-state index in [0.717, 1.165) is 11.8 Å². The Kier molecular flexibility index (Phi) is 3.27. The van der Waals surface area contributed by atoms with E-state index >= 15 is 0 Å². The van der Waals surface area contributed by atoms with Gasteiger partial charge in [0.2, 0.25) is 17.7 Å². The van der Waals surface area contributed by atoms with E-state index in [4.69, 9.17) is 0 Å². The lowest BCUT2D eigenvalue weighted by Gasteiger charge is -2.54. The van der Waals surface area contributed by atoms with Gasteiger partial charge in [-0.05, 0) is 62.7 Å². The summed E-state index contributed by atoms with van der Waals surface area (Å²) in [7, 11) is 0. The van der Waals surface area contributed by atoms with Gasteiger partial charge in [0.25, 0.3) is 0 Å². The van der Waals surface area contributed by atoms with Gasteiger partial charge in [-0.1, -0.05) is 0 Å². The molecule has 5 fully saturated rings. The molecule has 5 aliphatic rings. The average molecular weight is 304 g/mol. The molecule has 4 aliphatic carbocycles. The molecule has 4 bridgehead atoms. The predicted molar refractivity (Wildman–Crippen MR) is 79.5 cm³/mol. The Labute approximate surface area is 130 Å². The third-order valence-corrected chi connectivity index (χ3v) is 6.46. The van der Waals surface area contributed by atoms with Crippen LogP contribution < -0.4 is 5.32 Å². The lowest BCUT2D eigenvalue weighted by atomic mass is 9.51. The van der Waals surface area contributed by atoms with Crippen LogP contribution in [0, 0.1) is 29.6 Å². The second-order valence-electron chi connectivity index (χ2n) is 7.71. The van der Waals surface area contributed by atoms with Crippen LogP contribution in [0.4, 0.5) is 0 Å². The minimum Gasteiger partial charge on any atom is -0.330 e. The van der Waals surface area contributed by atoms with Gasteiger partial charge >= 0.3 is 0 Å². The standard InChI is InChI=1S/C17H24N2O3/c1-2-19(13-8-14(20)18-16(13)21)17(22)15-11-4-9-3-10(6-11)7-12(15)5-9/h9-13,15H,2-8H2,1H3,(H,18,20,21)/t9?,10?,11?,12?,13-,15?/m1/s1. The van der Waals surface area contributed by atoms with Gasteiger partial charge in [0.05, 0.1) is 6.42 Å². The zero-order valence-electron chi connectivity index (χ0n) is 13.1. The van der Waals surface area contributed by atoms with E-state index in [-0.39, 0.29) is 30.1 Å². The molecule has 5 heteroatoms. The molecular weight excluding hydrogens is 280 g/mol. The van der Waals surface area contributed by atoms with Crippen LogP contribution >= 0.6 is 0 Å². The van der Waals surface area contributed by atoms with Crippen molar-refractivity contribution in [3.8, 4) is 0 Å². The van der Waals surface area contributed by atoms with E-state index in [1.54, 1.807) is 4.90 Å². The third-order valence-electron chi connectivity index (χ3n) is 6.46. The van der Waals surface area contributed by atoms with Crippen molar-refractivity contribution in [2.45, 2.75) is 51.5 Å². The average Bonchev–Trinajstić information content (AvgIpc) is 2.77. The molecule has 0 aromatic heterocycles. The number of carbonyl (C=O) groups is 3. The Morgan fingerprint density at radius 2 is 1.68 bits per heavy atom. The van der Waals surface area contributed by atoms with Crippen LogP contribution in [0.25, 0.3) is 0 Å². The first-order valence-electron chi connectivity index (χ1n) is 8.71. The summed E-state index contributed by atoms with van der Waals surface area (Å²) < 4.78 is 0. The van der Waals surface area contributed by atoms with Gasteiger partial charge in [-0.25, -0.2) is 0 Å². The quantitative estimate of drug-likeness (QED) is 0.800. The Hall–Kier alpha value is -1.39. The molecule has 5 rings (SSSR count). The van der Waals surface area contributed by atoms with Crippen LogP contribution in [-0.2, 0) is 14.4 Å². The second-order valence-corrected chi connectivity index (χ2v) is 7.71. The van der Waals surface area contributed by atoms with Crippen LogP contribution in [0.1, 0.15) is 45.4 Å². The zero-order chi connectivity index (χ0) is 15.4. The Morgan fingerprint density at radius 1 is 1.09 bits per heavy atom. The first-order chi connectivity index (χ1) is 10.6. The first-order valence-corrected chi connectivity index (χ1v) is 8.71. The summed E-state index contributed by atoms with van der Waals surface area (Å²) in [6.45, 7) is 2.41. The number of carbonyl (C=O) groups excluding carboxylic acids is 3. The lowest BCUT2D eigenvalue weighted by molar-refractivity contribution is -0.153. The van der Waals surface area contributed by atoms with Gasteiger partial charge in [0.1, 0.15) is 6.04 Å². The van der Waals surface area contributed by atoms with Crippen molar-refractivity contribution in [3.63, 3.8) is 0 Å². The third kappa shape index (κ3) is 2.09. The molecule has 1 heterocycles. The molecule has 5 nitrogen and oxygen atoms in total. The number of rotatable bonds is 3. The highest BCUT2D eigenvalue weighted by atomic mass is 16.2. The summed E-state index contributed by atoms with van der Waals surface area (Å²) in [6.07, 6.45) is 6.26. The van der Waals surface area contributed by atoms with Gasteiger partial charge < -0.3 is 4.90 Å². The van der Waals surface area contributed by atoms with Crippen molar-refractivity contribution in [1.82, 2.24) is 10.2 Å². The second kappa shape index (κ2) is 5.07. The van der Waals surface area contributed by atoms with Crippen molar-refractivity contribution in [2.24, 2.45) is 29.6 Å². The molecule has 1 aliphatic heterocycles. The maximum atomic E-state index is 13.1. The topological polar surface area (TPSA) is 66.5 Å². The van der Waals surface area contributed by atoms with Crippen molar-refractivity contribution in [2.75, 3.05) is 6.54 Å². The maximum Gasteiger partial charge on any atom is 0.249 e. The van der Waals surface area contributed by atoms with E-state index in [2.05, 4.69) is 5.32 Å². The maximum absolute atomic E-state index is 13.1. The summed E-state index contributed by atoms with van der Waals surface area (Å²) in [6, 6.07) is -0.581. The number of likely N-dealkylation sites (N-methyl/N-ethyl adjacent to an activating group) is 1. The van der Waals surface area contributed by atoms with Crippen LogP contribution in [0.15, 0.2) is 0 Å². The monoisotopic (exact) mass is 304 g/mol. The number of imide groups is 1. The van der Waals surface area contributed by atoms with Gasteiger partial charge in [0, 0.05) is 12.5 Å². The molecule has 4 saturated carbocycles.